The average Bonchev–Trinajstić information content (AvgIpc) is 3.21. The van der Waals surface area contributed by atoms with Gasteiger partial charge in [0.25, 0.3) is 5.91 Å². The minimum atomic E-state index is -0.294. The molecule has 4 rings (SSSR count). The fourth-order valence-corrected chi connectivity index (χ4v) is 3.91. The maximum absolute atomic E-state index is 13.3. The van der Waals surface area contributed by atoms with Gasteiger partial charge in [0, 0.05) is 29.1 Å². The molecule has 186 valence electrons. The molecule has 0 aliphatic rings. The molecule has 0 bridgehead atoms. The number of nitrogens with one attached hydrogen (secondary N) is 2. The number of benzene rings is 3. The van der Waals surface area contributed by atoms with Crippen LogP contribution >= 0.6 is 24.8 Å². The quantitative estimate of drug-likeness (QED) is 0.226. The van der Waals surface area contributed by atoms with Gasteiger partial charge in [0.05, 0.1) is 0 Å². The van der Waals surface area contributed by atoms with Crippen molar-refractivity contribution in [3.05, 3.63) is 78.2 Å². The average molecular weight is 519 g/mol. The summed E-state index contributed by atoms with van der Waals surface area (Å²) >= 11 is 0. The van der Waals surface area contributed by atoms with E-state index in [0.717, 1.165) is 46.0 Å². The Morgan fingerprint density at radius 3 is 2.26 bits per heavy atom. The molecule has 3 aromatic carbocycles. The van der Waals surface area contributed by atoms with E-state index in [1.165, 1.54) is 12.1 Å². The first kappa shape index (κ1) is 28.1. The Morgan fingerprint density at radius 1 is 0.971 bits per heavy atom. The highest BCUT2D eigenvalue weighted by Gasteiger charge is 2.20. The van der Waals surface area contributed by atoms with Crippen molar-refractivity contribution in [1.29, 1.82) is 0 Å². The highest BCUT2D eigenvalue weighted by atomic mass is 35.5. The van der Waals surface area contributed by atoms with Crippen LogP contribution < -0.4 is 16.8 Å². The zero-order valence-electron chi connectivity index (χ0n) is 19.0. The molecule has 4 aromatic rings. The van der Waals surface area contributed by atoms with Crippen LogP contribution in [0.15, 0.2) is 66.7 Å². The monoisotopic (exact) mass is 518 g/mol. The zero-order valence-corrected chi connectivity index (χ0v) is 20.6. The van der Waals surface area contributed by atoms with Gasteiger partial charge in [-0.15, -0.1) is 24.8 Å². The molecule has 1 amide bonds. The van der Waals surface area contributed by atoms with Crippen molar-refractivity contribution in [3.8, 4) is 28.0 Å². The summed E-state index contributed by atoms with van der Waals surface area (Å²) < 4.78 is 13.3. The topological polar surface area (TPSA) is 117 Å². The molecular weight excluding hydrogens is 490 g/mol. The predicted octanol–water partition coefficient (Wildman–Crippen LogP) is 4.99. The Bertz CT molecular complexity index is 1260. The molecule has 1 atom stereocenters. The lowest BCUT2D eigenvalue weighted by Crippen LogP contribution is -2.37. The van der Waals surface area contributed by atoms with Gasteiger partial charge in [-0.3, -0.25) is 4.79 Å². The number of phenols is 1. The normalized spacial score (nSPS) is 11.4. The maximum atomic E-state index is 13.3. The number of fused-ring (bicyclic) bond motifs is 1. The van der Waals surface area contributed by atoms with Gasteiger partial charge in [-0.25, -0.2) is 4.39 Å². The highest BCUT2D eigenvalue weighted by molar-refractivity contribution is 6.10. The first-order valence-electron chi connectivity index (χ1n) is 10.9. The highest BCUT2D eigenvalue weighted by Crippen LogP contribution is 2.35. The summed E-state index contributed by atoms with van der Waals surface area (Å²) in [5, 5.41) is 13.5. The van der Waals surface area contributed by atoms with Gasteiger partial charge in [0.15, 0.2) is 0 Å². The van der Waals surface area contributed by atoms with E-state index in [0.29, 0.717) is 18.8 Å². The van der Waals surface area contributed by atoms with Crippen LogP contribution in [0, 0.1) is 5.82 Å². The summed E-state index contributed by atoms with van der Waals surface area (Å²) in [5.74, 6) is -0.409. The maximum Gasteiger partial charge on any atom is 0.268 e. The van der Waals surface area contributed by atoms with E-state index in [4.69, 9.17) is 11.5 Å². The van der Waals surface area contributed by atoms with Crippen LogP contribution in [0.25, 0.3) is 33.2 Å². The van der Waals surface area contributed by atoms with E-state index in [1.807, 2.05) is 18.2 Å². The van der Waals surface area contributed by atoms with Crippen molar-refractivity contribution < 1.29 is 14.3 Å². The molecule has 35 heavy (non-hydrogen) atoms. The van der Waals surface area contributed by atoms with Crippen LogP contribution in [0.1, 0.15) is 23.3 Å². The second kappa shape index (κ2) is 12.6. The minimum Gasteiger partial charge on any atom is -0.508 e. The molecule has 1 aromatic heterocycles. The minimum absolute atomic E-state index is 0. The molecule has 0 unspecified atom stereocenters. The standard InChI is InChI=1S/C26H27FN4O2.2ClH/c27-19-8-3-16(4-9-19)18-7-12-22-23(14-18)31-25(24(22)17-5-10-21(32)11-6-17)26(33)30-15-20(29)2-1-13-28;;/h3-12,14,20,31-32H,1-2,13,15,28-29H2,(H,30,33);2*1H/t20-;;/m0../s1. The van der Waals surface area contributed by atoms with Crippen molar-refractivity contribution in [2.24, 2.45) is 11.5 Å². The van der Waals surface area contributed by atoms with E-state index in [9.17, 15) is 14.3 Å². The molecule has 0 spiro atoms. The Kier molecular flexibility index (Phi) is 10.1. The smallest absolute Gasteiger partial charge is 0.268 e. The number of halogens is 3. The molecule has 0 aliphatic heterocycles. The molecule has 0 fully saturated rings. The number of hydrogen-bond acceptors (Lipinski definition) is 4. The van der Waals surface area contributed by atoms with Crippen LogP contribution in [0.3, 0.4) is 0 Å². The van der Waals surface area contributed by atoms with Gasteiger partial charge in [0.1, 0.15) is 17.3 Å². The molecule has 1 heterocycles. The lowest BCUT2D eigenvalue weighted by atomic mass is 9.99. The molecule has 0 saturated carbocycles. The van der Waals surface area contributed by atoms with Crippen molar-refractivity contribution in [2.45, 2.75) is 18.9 Å². The molecule has 9 heteroatoms. The van der Waals surface area contributed by atoms with E-state index in [2.05, 4.69) is 10.3 Å². The Labute approximate surface area is 215 Å². The number of rotatable bonds is 8. The van der Waals surface area contributed by atoms with Gasteiger partial charge < -0.3 is 26.9 Å². The first-order chi connectivity index (χ1) is 16.0. The van der Waals surface area contributed by atoms with Crippen LogP contribution in [0.2, 0.25) is 0 Å². The number of aromatic amines is 1. The van der Waals surface area contributed by atoms with Crippen LogP contribution in [-0.2, 0) is 0 Å². The summed E-state index contributed by atoms with van der Waals surface area (Å²) in [7, 11) is 0. The van der Waals surface area contributed by atoms with Gasteiger partial charge in [-0.2, -0.15) is 0 Å². The predicted molar refractivity (Wildman–Crippen MR) is 144 cm³/mol. The van der Waals surface area contributed by atoms with Crippen molar-refractivity contribution >= 4 is 41.6 Å². The number of amides is 1. The lowest BCUT2D eigenvalue weighted by Gasteiger charge is -2.12. The molecule has 0 saturated heterocycles. The third-order valence-electron chi connectivity index (χ3n) is 5.66. The fourth-order valence-electron chi connectivity index (χ4n) is 3.91. The van der Waals surface area contributed by atoms with Crippen LogP contribution in [0.4, 0.5) is 4.39 Å². The summed E-state index contributed by atoms with van der Waals surface area (Å²) in [6.45, 7) is 0.898. The summed E-state index contributed by atoms with van der Waals surface area (Å²) in [4.78, 5) is 16.4. The van der Waals surface area contributed by atoms with Gasteiger partial charge in [0.2, 0.25) is 0 Å². The van der Waals surface area contributed by atoms with E-state index < -0.39 is 0 Å². The van der Waals surface area contributed by atoms with E-state index in [1.54, 1.807) is 36.4 Å². The first-order valence-corrected chi connectivity index (χ1v) is 10.9. The number of hydrogen-bond donors (Lipinski definition) is 5. The second-order valence-electron chi connectivity index (χ2n) is 8.09. The summed E-state index contributed by atoms with van der Waals surface area (Å²) in [6, 6.07) is 18.6. The van der Waals surface area contributed by atoms with Gasteiger partial charge in [-0.05, 0) is 66.4 Å². The number of aromatic hydroxyl groups is 1. The summed E-state index contributed by atoms with van der Waals surface area (Å²) in [5.41, 5.74) is 16.1. The fraction of sp³-hybridized carbons (Fsp3) is 0.192. The number of aromatic nitrogens is 1. The Morgan fingerprint density at radius 2 is 1.60 bits per heavy atom. The van der Waals surface area contributed by atoms with Crippen molar-refractivity contribution in [1.82, 2.24) is 10.3 Å². The largest absolute Gasteiger partial charge is 0.508 e. The molecule has 7 N–H and O–H groups in total. The number of phenolic OH excluding ortho intramolecular Hbond substituents is 1. The van der Waals surface area contributed by atoms with E-state index in [-0.39, 0.29) is 48.3 Å². The van der Waals surface area contributed by atoms with Gasteiger partial charge in [-0.1, -0.05) is 36.4 Å². The van der Waals surface area contributed by atoms with Crippen LogP contribution in [-0.4, -0.2) is 35.1 Å². The number of H-pyrrole nitrogens is 1. The second-order valence-corrected chi connectivity index (χ2v) is 8.09. The molecule has 0 aliphatic carbocycles. The number of carbonyl (C=O) groups excluding carboxylic acids is 1. The third-order valence-corrected chi connectivity index (χ3v) is 5.66. The third kappa shape index (κ3) is 6.52. The van der Waals surface area contributed by atoms with Crippen molar-refractivity contribution in [3.63, 3.8) is 0 Å². The summed E-state index contributed by atoms with van der Waals surface area (Å²) in [6.07, 6.45) is 1.53. The Hall–Kier alpha value is -3.10. The Balaban J connectivity index is 0.00000216. The van der Waals surface area contributed by atoms with Crippen molar-refractivity contribution in [2.75, 3.05) is 13.1 Å². The van der Waals surface area contributed by atoms with Gasteiger partial charge >= 0.3 is 0 Å². The molecular formula is C26H29Cl2FN4O2. The SMILES string of the molecule is Cl.Cl.NCCC[C@H](N)CNC(=O)c1[nH]c2cc(-c3ccc(F)cc3)ccc2c1-c1ccc(O)cc1. The lowest BCUT2D eigenvalue weighted by molar-refractivity contribution is 0.0947. The van der Waals surface area contributed by atoms with E-state index >= 15 is 0 Å². The number of carbonyl (C=O) groups is 1. The molecule has 6 nitrogen and oxygen atoms in total. The number of nitrogens with two attached hydrogens (primary N) is 2. The molecule has 0 radical (unpaired) electrons. The zero-order chi connectivity index (χ0) is 23.4. The van der Waals surface area contributed by atoms with Crippen LogP contribution in [0.5, 0.6) is 5.75 Å².